The molecule has 98 valence electrons. The third kappa shape index (κ3) is 3.84. The first kappa shape index (κ1) is 13.6. The summed E-state index contributed by atoms with van der Waals surface area (Å²) in [7, 11) is 0. The van der Waals surface area contributed by atoms with E-state index in [2.05, 4.69) is 40.2 Å². The second kappa shape index (κ2) is 6.93. The van der Waals surface area contributed by atoms with Crippen molar-refractivity contribution < 1.29 is 4.79 Å². The van der Waals surface area contributed by atoms with Crippen LogP contribution in [0.4, 0.5) is 0 Å². The van der Waals surface area contributed by atoms with Crippen molar-refractivity contribution in [2.24, 2.45) is 5.92 Å². The van der Waals surface area contributed by atoms with Gasteiger partial charge in [-0.15, -0.1) is 0 Å². The maximum Gasteiger partial charge on any atom is 0.222 e. The van der Waals surface area contributed by atoms with Crippen molar-refractivity contribution in [1.29, 1.82) is 0 Å². The Kier molecular flexibility index (Phi) is 5.24. The molecule has 1 aliphatic rings. The van der Waals surface area contributed by atoms with Crippen molar-refractivity contribution in [3.63, 3.8) is 0 Å². The number of hydrogen-bond acceptors (Lipinski definition) is 1. The largest absolute Gasteiger partial charge is 0.342 e. The second-order valence-electron chi connectivity index (χ2n) is 4.99. The van der Waals surface area contributed by atoms with Gasteiger partial charge in [-0.25, -0.2) is 0 Å². The molecule has 0 aliphatic carbocycles. The van der Waals surface area contributed by atoms with Gasteiger partial charge >= 0.3 is 0 Å². The first-order valence-corrected chi connectivity index (χ1v) is 7.79. The van der Waals surface area contributed by atoms with Gasteiger partial charge in [0.2, 0.25) is 5.91 Å². The Morgan fingerprint density at radius 3 is 2.78 bits per heavy atom. The molecule has 1 saturated heterocycles. The number of benzene rings is 1. The van der Waals surface area contributed by atoms with E-state index in [9.17, 15) is 4.79 Å². The normalized spacial score (nSPS) is 19.2. The summed E-state index contributed by atoms with van der Waals surface area (Å²) in [5.41, 5.74) is 1.32. The molecule has 1 aliphatic heterocycles. The highest BCUT2D eigenvalue weighted by Crippen LogP contribution is 2.19. The average Bonchev–Trinajstić information content (AvgIpc) is 2.89. The lowest BCUT2D eigenvalue weighted by atomic mass is 10.1. The summed E-state index contributed by atoms with van der Waals surface area (Å²) in [6.07, 6.45) is 3.79. The predicted octanol–water partition coefficient (Wildman–Crippen LogP) is 3.25. The van der Waals surface area contributed by atoms with Gasteiger partial charge in [0.15, 0.2) is 0 Å². The number of hydrogen-bond donors (Lipinski definition) is 0. The number of halogens is 1. The smallest absolute Gasteiger partial charge is 0.222 e. The van der Waals surface area contributed by atoms with Gasteiger partial charge in [0.05, 0.1) is 0 Å². The molecule has 3 heteroatoms. The number of rotatable bonds is 5. The minimum atomic E-state index is 0.328. The van der Waals surface area contributed by atoms with Crippen molar-refractivity contribution in [2.75, 3.05) is 18.4 Å². The van der Waals surface area contributed by atoms with E-state index in [1.807, 2.05) is 11.0 Å². The molecule has 0 aromatic heterocycles. The molecule has 1 amide bonds. The standard InChI is InChI=1S/C15H20BrNO/c16-11-14-9-10-17(12-14)15(18)8-4-7-13-5-2-1-3-6-13/h1-3,5-6,14H,4,7-12H2. The Balaban J connectivity index is 1.69. The van der Waals surface area contributed by atoms with Crippen LogP contribution in [-0.4, -0.2) is 29.2 Å². The van der Waals surface area contributed by atoms with Crippen LogP contribution in [0.2, 0.25) is 0 Å². The summed E-state index contributed by atoms with van der Waals surface area (Å²) in [6, 6.07) is 10.4. The fraction of sp³-hybridized carbons (Fsp3) is 0.533. The van der Waals surface area contributed by atoms with E-state index in [0.717, 1.165) is 37.7 Å². The molecule has 1 atom stereocenters. The van der Waals surface area contributed by atoms with E-state index in [0.29, 0.717) is 18.2 Å². The first-order chi connectivity index (χ1) is 8.79. The van der Waals surface area contributed by atoms with Crippen LogP contribution in [0.3, 0.4) is 0 Å². The van der Waals surface area contributed by atoms with Gasteiger partial charge < -0.3 is 4.90 Å². The van der Waals surface area contributed by atoms with Crippen LogP contribution in [0.25, 0.3) is 0 Å². The molecule has 1 aromatic carbocycles. The van der Waals surface area contributed by atoms with Crippen molar-refractivity contribution in [2.45, 2.75) is 25.7 Å². The van der Waals surface area contributed by atoms with Crippen LogP contribution in [0.1, 0.15) is 24.8 Å². The van der Waals surface area contributed by atoms with Gasteiger partial charge in [-0.05, 0) is 30.7 Å². The maximum absolute atomic E-state index is 12.0. The Morgan fingerprint density at radius 2 is 2.11 bits per heavy atom. The number of aryl methyl sites for hydroxylation is 1. The van der Waals surface area contributed by atoms with E-state index in [1.54, 1.807) is 0 Å². The van der Waals surface area contributed by atoms with Gasteiger partial charge in [0.25, 0.3) is 0 Å². The zero-order chi connectivity index (χ0) is 12.8. The minimum absolute atomic E-state index is 0.328. The molecule has 1 heterocycles. The number of alkyl halides is 1. The Bertz CT molecular complexity index is 379. The van der Waals surface area contributed by atoms with Crippen molar-refractivity contribution >= 4 is 21.8 Å². The van der Waals surface area contributed by atoms with Crippen LogP contribution in [0.15, 0.2) is 30.3 Å². The molecule has 1 unspecified atom stereocenters. The fourth-order valence-corrected chi connectivity index (χ4v) is 2.96. The molecule has 2 nitrogen and oxygen atoms in total. The fourth-order valence-electron chi connectivity index (χ4n) is 2.43. The third-order valence-corrected chi connectivity index (χ3v) is 4.47. The third-order valence-electron chi connectivity index (χ3n) is 3.56. The molecule has 1 fully saturated rings. The van der Waals surface area contributed by atoms with Gasteiger partial charge in [0, 0.05) is 24.8 Å². The summed E-state index contributed by atoms with van der Waals surface area (Å²) in [5.74, 6) is 0.984. The molecule has 0 bridgehead atoms. The van der Waals surface area contributed by atoms with Gasteiger partial charge in [0.1, 0.15) is 0 Å². The molecule has 0 radical (unpaired) electrons. The monoisotopic (exact) mass is 309 g/mol. The SMILES string of the molecule is O=C(CCCc1ccccc1)N1CCC(CBr)C1. The highest BCUT2D eigenvalue weighted by Gasteiger charge is 2.24. The zero-order valence-corrected chi connectivity index (χ0v) is 12.2. The lowest BCUT2D eigenvalue weighted by Gasteiger charge is -2.16. The number of amides is 1. The van der Waals surface area contributed by atoms with Crippen molar-refractivity contribution in [3.8, 4) is 0 Å². The summed E-state index contributed by atoms with van der Waals surface area (Å²) in [5, 5.41) is 1.01. The van der Waals surface area contributed by atoms with Gasteiger partial charge in [-0.2, -0.15) is 0 Å². The van der Waals surface area contributed by atoms with Crippen LogP contribution in [-0.2, 0) is 11.2 Å². The van der Waals surface area contributed by atoms with Crippen LogP contribution in [0, 0.1) is 5.92 Å². The summed E-state index contributed by atoms with van der Waals surface area (Å²) >= 11 is 3.50. The lowest BCUT2D eigenvalue weighted by Crippen LogP contribution is -2.28. The van der Waals surface area contributed by atoms with Crippen molar-refractivity contribution in [3.05, 3.63) is 35.9 Å². The maximum atomic E-state index is 12.0. The highest BCUT2D eigenvalue weighted by atomic mass is 79.9. The summed E-state index contributed by atoms with van der Waals surface area (Å²) in [4.78, 5) is 14.0. The van der Waals surface area contributed by atoms with E-state index >= 15 is 0 Å². The number of carbonyl (C=O) groups excluding carboxylic acids is 1. The topological polar surface area (TPSA) is 20.3 Å². The van der Waals surface area contributed by atoms with Crippen molar-refractivity contribution in [1.82, 2.24) is 4.90 Å². The summed E-state index contributed by atoms with van der Waals surface area (Å²) < 4.78 is 0. The number of carbonyl (C=O) groups is 1. The second-order valence-corrected chi connectivity index (χ2v) is 5.64. The quantitative estimate of drug-likeness (QED) is 0.765. The molecule has 2 rings (SSSR count). The van der Waals surface area contributed by atoms with Crippen LogP contribution >= 0.6 is 15.9 Å². The molecule has 0 spiro atoms. The number of likely N-dealkylation sites (tertiary alicyclic amines) is 1. The van der Waals surface area contributed by atoms with E-state index in [-0.39, 0.29) is 0 Å². The van der Waals surface area contributed by atoms with Gasteiger partial charge in [-0.3, -0.25) is 4.79 Å². The van der Waals surface area contributed by atoms with E-state index in [4.69, 9.17) is 0 Å². The molecule has 0 saturated carbocycles. The van der Waals surface area contributed by atoms with Crippen LogP contribution in [0.5, 0.6) is 0 Å². The molecule has 18 heavy (non-hydrogen) atoms. The van der Waals surface area contributed by atoms with E-state index in [1.165, 1.54) is 5.56 Å². The lowest BCUT2D eigenvalue weighted by molar-refractivity contribution is -0.130. The molecule has 0 N–H and O–H groups in total. The highest BCUT2D eigenvalue weighted by molar-refractivity contribution is 9.09. The molecular weight excluding hydrogens is 290 g/mol. The predicted molar refractivity (Wildman–Crippen MR) is 77.9 cm³/mol. The Hall–Kier alpha value is -0.830. The van der Waals surface area contributed by atoms with Gasteiger partial charge in [-0.1, -0.05) is 46.3 Å². The van der Waals surface area contributed by atoms with E-state index < -0.39 is 0 Å². The average molecular weight is 310 g/mol. The van der Waals surface area contributed by atoms with Crippen LogP contribution < -0.4 is 0 Å². The Morgan fingerprint density at radius 1 is 1.33 bits per heavy atom. The first-order valence-electron chi connectivity index (χ1n) is 6.67. The zero-order valence-electron chi connectivity index (χ0n) is 10.6. The minimum Gasteiger partial charge on any atom is -0.342 e. The Labute approximate surface area is 117 Å². The summed E-state index contributed by atoms with van der Waals surface area (Å²) in [6.45, 7) is 1.88. The number of nitrogens with zero attached hydrogens (tertiary/aromatic N) is 1. The molecular formula is C15H20BrNO. The molecule has 1 aromatic rings.